The third kappa shape index (κ3) is 2.22. The number of hydrogen-bond donors (Lipinski definition) is 0. The van der Waals surface area contributed by atoms with Gasteiger partial charge >= 0.3 is 0 Å². The van der Waals surface area contributed by atoms with E-state index in [4.69, 9.17) is 0 Å². The maximum atomic E-state index is 2.35. The lowest BCUT2D eigenvalue weighted by atomic mass is 10.0. The lowest BCUT2D eigenvalue weighted by Gasteiger charge is -2.04. The Kier molecular flexibility index (Phi) is 3.11. The van der Waals surface area contributed by atoms with Crippen LogP contribution in [0.3, 0.4) is 0 Å². The normalized spacial score (nSPS) is 11.4. The van der Waals surface area contributed by atoms with Crippen LogP contribution < -0.4 is 0 Å². The Morgan fingerprint density at radius 1 is 0.480 bits per heavy atom. The molecule has 118 valence electrons. The number of benzene rings is 3. The van der Waals surface area contributed by atoms with E-state index in [1.807, 2.05) is 0 Å². The number of rotatable bonds is 1. The fourth-order valence-corrected chi connectivity index (χ4v) is 3.90. The average Bonchev–Trinajstić information content (AvgIpc) is 2.87. The zero-order chi connectivity index (χ0) is 16.8. The monoisotopic (exact) mass is 318 g/mol. The molecule has 0 bridgehead atoms. The summed E-state index contributed by atoms with van der Waals surface area (Å²) in [5, 5.41) is 7.92. The molecule has 0 amide bonds. The summed E-state index contributed by atoms with van der Waals surface area (Å²) in [5.74, 6) is 0. The molecule has 0 saturated heterocycles. The maximum Gasteiger partial charge on any atom is -0.00928 e. The van der Waals surface area contributed by atoms with Crippen LogP contribution in [-0.2, 0) is 0 Å². The van der Waals surface area contributed by atoms with Gasteiger partial charge in [-0.2, -0.15) is 0 Å². The molecule has 0 heteroatoms. The first-order valence-corrected chi connectivity index (χ1v) is 8.71. The molecule has 0 aliphatic carbocycles. The van der Waals surface area contributed by atoms with E-state index in [9.17, 15) is 0 Å². The van der Waals surface area contributed by atoms with Gasteiger partial charge in [0.25, 0.3) is 0 Å². The molecule has 0 spiro atoms. The van der Waals surface area contributed by atoms with Crippen LogP contribution in [0.15, 0.2) is 91.0 Å². The molecule has 0 atom stereocenters. The highest BCUT2D eigenvalue weighted by Gasteiger charge is 2.08. The minimum Gasteiger partial charge on any atom is -0.0620 e. The first kappa shape index (κ1) is 14.2. The summed E-state index contributed by atoms with van der Waals surface area (Å²) in [6.07, 6.45) is 0. The van der Waals surface area contributed by atoms with E-state index in [1.165, 1.54) is 49.0 Å². The first-order chi connectivity index (χ1) is 12.3. The summed E-state index contributed by atoms with van der Waals surface area (Å²) >= 11 is 0. The Morgan fingerprint density at radius 2 is 1.28 bits per heavy atom. The minimum atomic E-state index is 1.27. The van der Waals surface area contributed by atoms with Crippen molar-refractivity contribution in [3.63, 3.8) is 0 Å². The topological polar surface area (TPSA) is 0 Å². The fourth-order valence-electron chi connectivity index (χ4n) is 3.90. The molecule has 5 aromatic carbocycles. The molecule has 25 heavy (non-hydrogen) atoms. The van der Waals surface area contributed by atoms with Gasteiger partial charge in [-0.3, -0.25) is 0 Å². The van der Waals surface area contributed by atoms with Crippen LogP contribution in [0, 0.1) is 6.92 Å². The van der Waals surface area contributed by atoms with Gasteiger partial charge in [-0.05, 0) is 68.1 Å². The van der Waals surface area contributed by atoms with E-state index in [1.54, 1.807) is 0 Å². The van der Waals surface area contributed by atoms with Gasteiger partial charge in [0.15, 0.2) is 0 Å². The zero-order valence-corrected chi connectivity index (χ0v) is 14.2. The lowest BCUT2D eigenvalue weighted by Crippen LogP contribution is -1.80. The summed E-state index contributed by atoms with van der Waals surface area (Å²) < 4.78 is 0. The largest absolute Gasteiger partial charge is 0.0620 e. The summed E-state index contributed by atoms with van der Waals surface area (Å²) in [6, 6.07) is 33.0. The van der Waals surface area contributed by atoms with Crippen LogP contribution in [0.5, 0.6) is 0 Å². The molecule has 0 nitrogen and oxygen atoms in total. The fraction of sp³-hybridized carbons (Fsp3) is 0.0400. The van der Waals surface area contributed by atoms with E-state index >= 15 is 0 Å². The average molecular weight is 318 g/mol. The van der Waals surface area contributed by atoms with Gasteiger partial charge in [0.1, 0.15) is 0 Å². The number of hydrogen-bond acceptors (Lipinski definition) is 0. The van der Waals surface area contributed by atoms with Gasteiger partial charge in [-0.15, -0.1) is 0 Å². The molecule has 0 N–H and O–H groups in total. The molecular formula is C25H18. The quantitative estimate of drug-likeness (QED) is 0.308. The SMILES string of the molecule is Cc1ccccc1-c1cccc2ccc3c4ccccc4cc3c2c1. The van der Waals surface area contributed by atoms with Crippen molar-refractivity contribution in [2.45, 2.75) is 6.92 Å². The second-order valence-corrected chi connectivity index (χ2v) is 6.70. The number of fused-ring (bicyclic) bond motifs is 5. The van der Waals surface area contributed by atoms with Crippen LogP contribution in [-0.4, -0.2) is 0 Å². The summed E-state index contributed by atoms with van der Waals surface area (Å²) in [4.78, 5) is 0. The molecule has 0 aromatic heterocycles. The van der Waals surface area contributed by atoms with Crippen molar-refractivity contribution in [3.8, 4) is 11.1 Å². The van der Waals surface area contributed by atoms with Crippen molar-refractivity contribution in [1.29, 1.82) is 0 Å². The van der Waals surface area contributed by atoms with E-state index in [0.717, 1.165) is 0 Å². The molecule has 0 aliphatic rings. The van der Waals surface area contributed by atoms with Crippen molar-refractivity contribution in [1.82, 2.24) is 0 Å². The molecule has 5 rings (SSSR count). The summed E-state index contributed by atoms with van der Waals surface area (Å²) in [5.41, 5.74) is 3.88. The molecule has 0 radical (unpaired) electrons. The smallest absolute Gasteiger partial charge is 0.00928 e. The number of aryl methyl sites for hydroxylation is 1. The molecule has 5 aromatic rings. The summed E-state index contributed by atoms with van der Waals surface area (Å²) in [6.45, 7) is 2.18. The molecule has 0 saturated carbocycles. The van der Waals surface area contributed by atoms with Crippen LogP contribution >= 0.6 is 0 Å². The standard InChI is InChI=1S/C25H18/c1-17-7-2-4-11-21(17)19-10-6-9-18-13-14-23-22-12-5-3-8-20(22)16-25(23)24(18)15-19/h2-16H,1H3. The highest BCUT2D eigenvalue weighted by Crippen LogP contribution is 2.35. The maximum absolute atomic E-state index is 2.35. The van der Waals surface area contributed by atoms with Crippen molar-refractivity contribution < 1.29 is 0 Å². The van der Waals surface area contributed by atoms with E-state index in [2.05, 4.69) is 97.9 Å². The lowest BCUT2D eigenvalue weighted by molar-refractivity contribution is 1.47. The van der Waals surface area contributed by atoms with E-state index in [0.29, 0.717) is 0 Å². The Labute approximate surface area is 147 Å². The minimum absolute atomic E-state index is 1.27. The Morgan fingerprint density at radius 3 is 2.20 bits per heavy atom. The van der Waals surface area contributed by atoms with Crippen LogP contribution in [0.25, 0.3) is 43.4 Å². The van der Waals surface area contributed by atoms with Crippen molar-refractivity contribution in [3.05, 3.63) is 96.6 Å². The van der Waals surface area contributed by atoms with Gasteiger partial charge < -0.3 is 0 Å². The first-order valence-electron chi connectivity index (χ1n) is 8.71. The van der Waals surface area contributed by atoms with E-state index < -0.39 is 0 Å². The Bertz CT molecular complexity index is 1250. The molecule has 0 fully saturated rings. The zero-order valence-electron chi connectivity index (χ0n) is 14.2. The van der Waals surface area contributed by atoms with Crippen LogP contribution in [0.2, 0.25) is 0 Å². The summed E-state index contributed by atoms with van der Waals surface area (Å²) in [7, 11) is 0. The second kappa shape index (κ2) is 5.46. The third-order valence-electron chi connectivity index (χ3n) is 5.18. The van der Waals surface area contributed by atoms with Crippen molar-refractivity contribution >= 4 is 32.3 Å². The highest BCUT2D eigenvalue weighted by atomic mass is 14.1. The predicted molar refractivity (Wildman–Crippen MR) is 109 cm³/mol. The van der Waals surface area contributed by atoms with Crippen LogP contribution in [0.1, 0.15) is 5.56 Å². The van der Waals surface area contributed by atoms with Crippen LogP contribution in [0.4, 0.5) is 0 Å². The second-order valence-electron chi connectivity index (χ2n) is 6.70. The molecular weight excluding hydrogens is 300 g/mol. The predicted octanol–water partition coefficient (Wildman–Crippen LogP) is 7.12. The van der Waals surface area contributed by atoms with Gasteiger partial charge in [-0.25, -0.2) is 0 Å². The van der Waals surface area contributed by atoms with Gasteiger partial charge in [0, 0.05) is 0 Å². The van der Waals surface area contributed by atoms with Gasteiger partial charge in [0.2, 0.25) is 0 Å². The van der Waals surface area contributed by atoms with E-state index in [-0.39, 0.29) is 0 Å². The van der Waals surface area contributed by atoms with Gasteiger partial charge in [-0.1, -0.05) is 78.9 Å². The molecule has 0 unspecified atom stereocenters. The van der Waals surface area contributed by atoms with Gasteiger partial charge in [0.05, 0.1) is 0 Å². The molecule has 0 aliphatic heterocycles. The Hall–Kier alpha value is -3.12. The van der Waals surface area contributed by atoms with Crippen molar-refractivity contribution in [2.24, 2.45) is 0 Å². The highest BCUT2D eigenvalue weighted by molar-refractivity contribution is 6.21. The Balaban J connectivity index is 1.92. The third-order valence-corrected chi connectivity index (χ3v) is 5.18. The van der Waals surface area contributed by atoms with Crippen molar-refractivity contribution in [2.75, 3.05) is 0 Å². The molecule has 0 heterocycles.